The predicted molar refractivity (Wildman–Crippen MR) is 124 cm³/mol. The van der Waals surface area contributed by atoms with Gasteiger partial charge in [-0.25, -0.2) is 4.98 Å². The van der Waals surface area contributed by atoms with Crippen LogP contribution in [0, 0.1) is 13.8 Å². The number of ether oxygens (including phenoxy) is 1. The Kier molecular flexibility index (Phi) is 5.76. The first-order valence-corrected chi connectivity index (χ1v) is 10.4. The van der Waals surface area contributed by atoms with Gasteiger partial charge in [0.25, 0.3) is 5.91 Å². The van der Waals surface area contributed by atoms with Crippen LogP contribution in [0.3, 0.4) is 0 Å². The highest BCUT2D eigenvalue weighted by molar-refractivity contribution is 5.92. The fraction of sp³-hybridized carbons (Fsp3) is 0.231. The summed E-state index contributed by atoms with van der Waals surface area (Å²) in [6.45, 7) is 8.25. The fourth-order valence-corrected chi connectivity index (χ4v) is 3.42. The van der Waals surface area contributed by atoms with E-state index < -0.39 is 0 Å². The SMILES string of the molecule is Cc1ccc(OCC(=O)Nc2ccc(-c3nc4cc(C(C)C)ccc4o3)cc2)c(C)c1. The van der Waals surface area contributed by atoms with Gasteiger partial charge in [-0.2, -0.15) is 0 Å². The molecule has 4 rings (SSSR count). The summed E-state index contributed by atoms with van der Waals surface area (Å²) < 4.78 is 11.5. The van der Waals surface area contributed by atoms with Crippen molar-refractivity contribution in [2.24, 2.45) is 0 Å². The lowest BCUT2D eigenvalue weighted by Gasteiger charge is -2.10. The van der Waals surface area contributed by atoms with E-state index in [2.05, 4.69) is 36.3 Å². The molecule has 0 bridgehead atoms. The summed E-state index contributed by atoms with van der Waals surface area (Å²) in [5.74, 6) is 1.50. The second-order valence-corrected chi connectivity index (χ2v) is 8.08. The average Bonchev–Trinajstić information content (AvgIpc) is 3.17. The van der Waals surface area contributed by atoms with Crippen molar-refractivity contribution < 1.29 is 13.9 Å². The van der Waals surface area contributed by atoms with E-state index in [0.29, 0.717) is 23.2 Å². The minimum atomic E-state index is -0.212. The van der Waals surface area contributed by atoms with Crippen LogP contribution in [0.2, 0.25) is 0 Å². The molecule has 0 fully saturated rings. The summed E-state index contributed by atoms with van der Waals surface area (Å²) in [6, 6.07) is 19.4. The second kappa shape index (κ2) is 8.64. The number of benzene rings is 3. The number of carbonyl (C=O) groups is 1. The van der Waals surface area contributed by atoms with Gasteiger partial charge >= 0.3 is 0 Å². The number of hydrogen-bond acceptors (Lipinski definition) is 4. The van der Waals surface area contributed by atoms with Crippen molar-refractivity contribution in [1.29, 1.82) is 0 Å². The molecular weight excluding hydrogens is 388 g/mol. The lowest BCUT2D eigenvalue weighted by atomic mass is 10.0. The standard InChI is InChI=1S/C26H26N2O3/c1-16(2)20-8-12-24-22(14-20)28-26(31-24)19-6-9-21(10-7-19)27-25(29)15-30-23-11-5-17(3)13-18(23)4/h5-14,16H,15H2,1-4H3,(H,27,29). The van der Waals surface area contributed by atoms with Gasteiger partial charge in [-0.05, 0) is 73.4 Å². The van der Waals surface area contributed by atoms with Crippen LogP contribution in [0.4, 0.5) is 5.69 Å². The Bertz CT molecular complexity index is 1220. The fourth-order valence-electron chi connectivity index (χ4n) is 3.42. The Morgan fingerprint density at radius 2 is 1.81 bits per heavy atom. The first kappa shape index (κ1) is 20.7. The van der Waals surface area contributed by atoms with Crippen molar-refractivity contribution in [3.63, 3.8) is 0 Å². The van der Waals surface area contributed by atoms with E-state index >= 15 is 0 Å². The first-order chi connectivity index (χ1) is 14.9. The lowest BCUT2D eigenvalue weighted by Crippen LogP contribution is -2.20. The average molecular weight is 415 g/mol. The molecule has 0 aliphatic carbocycles. The maximum Gasteiger partial charge on any atom is 0.262 e. The molecule has 1 aromatic heterocycles. The number of aryl methyl sites for hydroxylation is 2. The Morgan fingerprint density at radius 1 is 1.03 bits per heavy atom. The van der Waals surface area contributed by atoms with E-state index in [1.807, 2.05) is 62.4 Å². The van der Waals surface area contributed by atoms with Gasteiger partial charge in [0.15, 0.2) is 12.2 Å². The van der Waals surface area contributed by atoms with E-state index in [1.54, 1.807) is 0 Å². The van der Waals surface area contributed by atoms with Crippen LogP contribution in [0.5, 0.6) is 5.75 Å². The molecule has 1 heterocycles. The molecule has 0 saturated carbocycles. The molecule has 1 N–H and O–H groups in total. The third-order valence-electron chi connectivity index (χ3n) is 5.18. The number of carbonyl (C=O) groups excluding carboxylic acids is 1. The zero-order valence-corrected chi connectivity index (χ0v) is 18.2. The van der Waals surface area contributed by atoms with Gasteiger partial charge in [0.1, 0.15) is 11.3 Å². The maximum absolute atomic E-state index is 12.3. The van der Waals surface area contributed by atoms with Crippen LogP contribution in [-0.4, -0.2) is 17.5 Å². The highest BCUT2D eigenvalue weighted by Gasteiger charge is 2.11. The number of oxazole rings is 1. The number of aromatic nitrogens is 1. The smallest absolute Gasteiger partial charge is 0.262 e. The van der Waals surface area contributed by atoms with Crippen LogP contribution in [-0.2, 0) is 4.79 Å². The maximum atomic E-state index is 12.3. The topological polar surface area (TPSA) is 64.4 Å². The summed E-state index contributed by atoms with van der Waals surface area (Å²) in [7, 11) is 0. The van der Waals surface area contributed by atoms with Crippen molar-refractivity contribution in [3.05, 3.63) is 77.4 Å². The number of anilines is 1. The monoisotopic (exact) mass is 414 g/mol. The largest absolute Gasteiger partial charge is 0.483 e. The highest BCUT2D eigenvalue weighted by Crippen LogP contribution is 2.27. The van der Waals surface area contributed by atoms with Gasteiger partial charge in [0.05, 0.1) is 0 Å². The molecule has 1 amide bonds. The minimum absolute atomic E-state index is 0.0467. The van der Waals surface area contributed by atoms with Gasteiger partial charge in [-0.1, -0.05) is 37.6 Å². The van der Waals surface area contributed by atoms with Gasteiger partial charge in [0.2, 0.25) is 5.89 Å². The third kappa shape index (κ3) is 4.77. The molecule has 158 valence electrons. The number of fused-ring (bicyclic) bond motifs is 1. The number of nitrogens with one attached hydrogen (secondary N) is 1. The van der Waals surface area contributed by atoms with Crippen LogP contribution < -0.4 is 10.1 Å². The summed E-state index contributed by atoms with van der Waals surface area (Å²) in [4.78, 5) is 16.9. The molecule has 3 aromatic carbocycles. The molecule has 0 saturated heterocycles. The molecular formula is C26H26N2O3. The summed E-state index contributed by atoms with van der Waals surface area (Å²) in [5.41, 5.74) is 6.56. The zero-order chi connectivity index (χ0) is 22.0. The Balaban J connectivity index is 1.41. The third-order valence-corrected chi connectivity index (χ3v) is 5.18. The molecule has 0 aliphatic rings. The minimum Gasteiger partial charge on any atom is -0.483 e. The van der Waals surface area contributed by atoms with Crippen LogP contribution in [0.1, 0.15) is 36.5 Å². The number of amides is 1. The molecule has 0 unspecified atom stereocenters. The quantitative estimate of drug-likeness (QED) is 0.405. The molecule has 0 atom stereocenters. The predicted octanol–water partition coefficient (Wildman–Crippen LogP) is 6.25. The Labute approximate surface area is 182 Å². The van der Waals surface area contributed by atoms with Crippen molar-refractivity contribution in [3.8, 4) is 17.2 Å². The van der Waals surface area contributed by atoms with Gasteiger partial charge in [-0.15, -0.1) is 0 Å². The van der Waals surface area contributed by atoms with Gasteiger partial charge < -0.3 is 14.5 Å². The molecule has 4 aromatic rings. The van der Waals surface area contributed by atoms with Gasteiger partial charge in [-0.3, -0.25) is 4.79 Å². The van der Waals surface area contributed by atoms with Crippen LogP contribution in [0.25, 0.3) is 22.6 Å². The van der Waals surface area contributed by atoms with E-state index in [4.69, 9.17) is 9.15 Å². The van der Waals surface area contributed by atoms with E-state index in [1.165, 1.54) is 5.56 Å². The van der Waals surface area contributed by atoms with Crippen LogP contribution in [0.15, 0.2) is 65.1 Å². The first-order valence-electron chi connectivity index (χ1n) is 10.4. The summed E-state index contributed by atoms with van der Waals surface area (Å²) >= 11 is 0. The number of nitrogens with zero attached hydrogens (tertiary/aromatic N) is 1. The molecule has 5 heteroatoms. The molecule has 0 aliphatic heterocycles. The van der Waals surface area contributed by atoms with Crippen molar-refractivity contribution in [2.45, 2.75) is 33.6 Å². The Hall–Kier alpha value is -3.60. The molecule has 31 heavy (non-hydrogen) atoms. The van der Waals surface area contributed by atoms with Crippen LogP contribution >= 0.6 is 0 Å². The van der Waals surface area contributed by atoms with E-state index in [0.717, 1.165) is 27.8 Å². The number of rotatable bonds is 6. The van der Waals surface area contributed by atoms with E-state index in [-0.39, 0.29) is 12.5 Å². The normalized spacial score (nSPS) is 11.1. The molecule has 0 radical (unpaired) electrons. The highest BCUT2D eigenvalue weighted by atomic mass is 16.5. The summed E-state index contributed by atoms with van der Waals surface area (Å²) in [5, 5.41) is 2.85. The van der Waals surface area contributed by atoms with Crippen molar-refractivity contribution in [2.75, 3.05) is 11.9 Å². The second-order valence-electron chi connectivity index (χ2n) is 8.08. The molecule has 0 spiro atoms. The number of hydrogen-bond donors (Lipinski definition) is 1. The summed E-state index contributed by atoms with van der Waals surface area (Å²) in [6.07, 6.45) is 0. The van der Waals surface area contributed by atoms with Gasteiger partial charge in [0, 0.05) is 11.3 Å². The Morgan fingerprint density at radius 3 is 2.52 bits per heavy atom. The lowest BCUT2D eigenvalue weighted by molar-refractivity contribution is -0.118. The van der Waals surface area contributed by atoms with Crippen molar-refractivity contribution >= 4 is 22.7 Å². The van der Waals surface area contributed by atoms with E-state index in [9.17, 15) is 4.79 Å². The van der Waals surface area contributed by atoms with Crippen molar-refractivity contribution in [1.82, 2.24) is 4.98 Å². The zero-order valence-electron chi connectivity index (χ0n) is 18.2. The molecule has 5 nitrogen and oxygen atoms in total.